The molecule has 2 amide bonds. The Labute approximate surface area is 212 Å². The van der Waals surface area contributed by atoms with E-state index in [1.165, 1.54) is 11.0 Å². The maximum absolute atomic E-state index is 13.5. The summed E-state index contributed by atoms with van der Waals surface area (Å²) in [5.41, 5.74) is 1.78. The highest BCUT2D eigenvalue weighted by Crippen LogP contribution is 2.25. The number of benzene rings is 2. The van der Waals surface area contributed by atoms with Gasteiger partial charge < -0.3 is 10.2 Å². The second kappa shape index (κ2) is 12.4. The van der Waals surface area contributed by atoms with Gasteiger partial charge in [0.25, 0.3) is 0 Å². The molecular weight excluding hydrogens is 497 g/mol. The van der Waals surface area contributed by atoms with Crippen LogP contribution in [0.15, 0.2) is 42.5 Å². The fraction of sp³-hybridized carbons (Fsp3) is 0.417. The molecule has 0 aliphatic heterocycles. The van der Waals surface area contributed by atoms with E-state index in [0.29, 0.717) is 16.6 Å². The monoisotopic (exact) mass is 527 g/mol. The zero-order valence-electron chi connectivity index (χ0n) is 19.8. The van der Waals surface area contributed by atoms with Crippen molar-refractivity contribution in [3.05, 3.63) is 63.6 Å². The molecule has 0 aliphatic carbocycles. The first-order valence-corrected chi connectivity index (χ1v) is 13.6. The van der Waals surface area contributed by atoms with Gasteiger partial charge in [-0.2, -0.15) is 0 Å². The van der Waals surface area contributed by atoms with Crippen LogP contribution in [-0.4, -0.2) is 50.5 Å². The van der Waals surface area contributed by atoms with Crippen LogP contribution in [0.25, 0.3) is 0 Å². The number of rotatable bonds is 11. The third-order valence-corrected chi connectivity index (χ3v) is 7.14. The number of halogens is 2. The molecule has 0 radical (unpaired) electrons. The first kappa shape index (κ1) is 28.0. The van der Waals surface area contributed by atoms with Crippen molar-refractivity contribution < 1.29 is 18.0 Å². The van der Waals surface area contributed by atoms with Crippen molar-refractivity contribution in [3.63, 3.8) is 0 Å². The predicted octanol–water partition coefficient (Wildman–Crippen LogP) is 4.40. The number of anilines is 1. The van der Waals surface area contributed by atoms with Crippen molar-refractivity contribution >= 4 is 50.7 Å². The molecule has 0 saturated heterocycles. The van der Waals surface area contributed by atoms with E-state index in [1.807, 2.05) is 6.92 Å². The highest BCUT2D eigenvalue weighted by atomic mass is 35.5. The molecule has 10 heteroatoms. The van der Waals surface area contributed by atoms with E-state index >= 15 is 0 Å². The number of carbonyl (C=O) groups excluding carboxylic acids is 2. The zero-order chi connectivity index (χ0) is 25.5. The molecule has 1 N–H and O–H groups in total. The van der Waals surface area contributed by atoms with Crippen LogP contribution in [0.5, 0.6) is 0 Å². The molecular formula is C24H31Cl2N3O4S. The van der Waals surface area contributed by atoms with Gasteiger partial charge in [-0.3, -0.25) is 13.9 Å². The van der Waals surface area contributed by atoms with Crippen molar-refractivity contribution in [1.82, 2.24) is 10.2 Å². The molecule has 7 nitrogen and oxygen atoms in total. The molecule has 0 heterocycles. The molecule has 0 aromatic heterocycles. The Morgan fingerprint density at radius 2 is 1.82 bits per heavy atom. The molecule has 0 bridgehead atoms. The van der Waals surface area contributed by atoms with Crippen LogP contribution in [0.2, 0.25) is 10.0 Å². The van der Waals surface area contributed by atoms with Gasteiger partial charge in [-0.15, -0.1) is 0 Å². The summed E-state index contributed by atoms with van der Waals surface area (Å²) >= 11 is 12.3. The third kappa shape index (κ3) is 7.89. The summed E-state index contributed by atoms with van der Waals surface area (Å²) in [6.07, 6.45) is 2.76. The normalized spacial score (nSPS) is 12.2. The van der Waals surface area contributed by atoms with Crippen molar-refractivity contribution in [2.75, 3.05) is 23.7 Å². The number of aryl methyl sites for hydroxylation is 1. The number of hydrogen-bond acceptors (Lipinski definition) is 4. The summed E-state index contributed by atoms with van der Waals surface area (Å²) in [5, 5.41) is 3.72. The molecule has 2 aromatic rings. The molecule has 2 rings (SSSR count). The van der Waals surface area contributed by atoms with Crippen molar-refractivity contribution in [2.24, 2.45) is 0 Å². The standard InChI is InChI=1S/C24H31Cl2N3O4S/c1-5-6-12-27-24(31)18(3)28(15-19-8-7-9-20(25)13-19)23(30)16-29(34(4,32)33)21-11-10-17(2)22(26)14-21/h7-11,13-14,18H,5-6,12,15-16H2,1-4H3,(H,27,31)/t18-/m0/s1. The highest BCUT2D eigenvalue weighted by Gasteiger charge is 2.30. The maximum Gasteiger partial charge on any atom is 0.244 e. The summed E-state index contributed by atoms with van der Waals surface area (Å²) in [7, 11) is -3.81. The maximum atomic E-state index is 13.5. The van der Waals surface area contributed by atoms with Gasteiger partial charge in [-0.1, -0.05) is 54.7 Å². The molecule has 1 atom stereocenters. The van der Waals surface area contributed by atoms with Crippen molar-refractivity contribution in [1.29, 1.82) is 0 Å². The average Bonchev–Trinajstić information content (AvgIpc) is 2.76. The second-order valence-electron chi connectivity index (χ2n) is 8.18. The van der Waals surface area contributed by atoms with Gasteiger partial charge in [0.15, 0.2) is 0 Å². The van der Waals surface area contributed by atoms with E-state index < -0.39 is 28.5 Å². The molecule has 0 spiro atoms. The first-order valence-electron chi connectivity index (χ1n) is 11.0. The van der Waals surface area contributed by atoms with Crippen LogP contribution in [-0.2, 0) is 26.2 Å². The van der Waals surface area contributed by atoms with Crippen LogP contribution in [0, 0.1) is 6.92 Å². The third-order valence-electron chi connectivity index (χ3n) is 5.36. The highest BCUT2D eigenvalue weighted by molar-refractivity contribution is 7.92. The first-order chi connectivity index (χ1) is 15.9. The number of carbonyl (C=O) groups is 2. The van der Waals surface area contributed by atoms with Crippen LogP contribution in [0.4, 0.5) is 5.69 Å². The number of nitrogens with one attached hydrogen (secondary N) is 1. The quantitative estimate of drug-likeness (QED) is 0.438. The summed E-state index contributed by atoms with van der Waals surface area (Å²) < 4.78 is 26.2. The predicted molar refractivity (Wildman–Crippen MR) is 138 cm³/mol. The Hall–Kier alpha value is -2.29. The number of unbranched alkanes of at least 4 members (excludes halogenated alkanes) is 1. The Bertz CT molecular complexity index is 1120. The molecule has 0 aliphatic rings. The number of hydrogen-bond donors (Lipinski definition) is 1. The van der Waals surface area contributed by atoms with Crippen LogP contribution >= 0.6 is 23.2 Å². The molecule has 0 unspecified atom stereocenters. The fourth-order valence-corrected chi connectivity index (χ4v) is 4.53. The Morgan fingerprint density at radius 1 is 1.12 bits per heavy atom. The minimum Gasteiger partial charge on any atom is -0.354 e. The Morgan fingerprint density at radius 3 is 2.41 bits per heavy atom. The Kier molecular flexibility index (Phi) is 10.2. The van der Waals surface area contributed by atoms with Gasteiger partial charge in [-0.25, -0.2) is 8.42 Å². The van der Waals surface area contributed by atoms with Gasteiger partial charge in [0.05, 0.1) is 11.9 Å². The van der Waals surface area contributed by atoms with Crippen molar-refractivity contribution in [3.8, 4) is 0 Å². The summed E-state index contributed by atoms with van der Waals surface area (Å²) in [5.74, 6) is -0.839. The van der Waals surface area contributed by atoms with Gasteiger partial charge >= 0.3 is 0 Å². The SMILES string of the molecule is CCCCNC(=O)[C@H](C)N(Cc1cccc(Cl)c1)C(=O)CN(c1ccc(C)c(Cl)c1)S(C)(=O)=O. The van der Waals surface area contributed by atoms with E-state index in [0.717, 1.165) is 34.5 Å². The van der Waals surface area contributed by atoms with E-state index in [-0.39, 0.29) is 18.1 Å². The molecule has 0 saturated carbocycles. The van der Waals surface area contributed by atoms with Crippen LogP contribution < -0.4 is 9.62 Å². The molecule has 0 fully saturated rings. The molecule has 2 aromatic carbocycles. The largest absolute Gasteiger partial charge is 0.354 e. The Balaban J connectivity index is 2.37. The second-order valence-corrected chi connectivity index (χ2v) is 10.9. The summed E-state index contributed by atoms with van der Waals surface area (Å²) in [4.78, 5) is 27.6. The molecule has 186 valence electrons. The average molecular weight is 529 g/mol. The molecule has 34 heavy (non-hydrogen) atoms. The smallest absolute Gasteiger partial charge is 0.244 e. The van der Waals surface area contributed by atoms with E-state index in [9.17, 15) is 18.0 Å². The van der Waals surface area contributed by atoms with E-state index in [1.54, 1.807) is 50.2 Å². The topological polar surface area (TPSA) is 86.8 Å². The van der Waals surface area contributed by atoms with Gasteiger partial charge in [0, 0.05) is 23.1 Å². The number of amides is 2. The van der Waals surface area contributed by atoms with Gasteiger partial charge in [-0.05, 0) is 55.7 Å². The van der Waals surface area contributed by atoms with Gasteiger partial charge in [0.1, 0.15) is 12.6 Å². The summed E-state index contributed by atoms with van der Waals surface area (Å²) in [6, 6.07) is 10.9. The minimum atomic E-state index is -3.81. The van der Waals surface area contributed by atoms with Gasteiger partial charge in [0.2, 0.25) is 21.8 Å². The number of sulfonamides is 1. The fourth-order valence-electron chi connectivity index (χ4n) is 3.30. The summed E-state index contributed by atoms with van der Waals surface area (Å²) in [6.45, 7) is 5.54. The lowest BCUT2D eigenvalue weighted by atomic mass is 10.1. The van der Waals surface area contributed by atoms with E-state index in [2.05, 4.69) is 5.32 Å². The van der Waals surface area contributed by atoms with Crippen LogP contribution in [0.1, 0.15) is 37.8 Å². The zero-order valence-corrected chi connectivity index (χ0v) is 22.2. The lowest BCUT2D eigenvalue weighted by Gasteiger charge is -2.31. The lowest BCUT2D eigenvalue weighted by molar-refractivity contribution is -0.139. The number of nitrogens with zero attached hydrogens (tertiary/aromatic N) is 2. The minimum absolute atomic E-state index is 0.0913. The van der Waals surface area contributed by atoms with Crippen LogP contribution in [0.3, 0.4) is 0 Å². The van der Waals surface area contributed by atoms with E-state index in [4.69, 9.17) is 23.2 Å². The van der Waals surface area contributed by atoms with Crippen molar-refractivity contribution in [2.45, 2.75) is 46.2 Å². The lowest BCUT2D eigenvalue weighted by Crippen LogP contribution is -2.51.